The first-order chi connectivity index (χ1) is 9.83. The standard InChI is InChI=1S/C19H23N/c20-12-18(15-4-2-1-3-5-15)11-19-16-7-13-6-14(9-16)10-17(19)8-13/h1-5,13-14,16-19H,6-11H2. The Labute approximate surface area is 122 Å². The highest BCUT2D eigenvalue weighted by molar-refractivity contribution is 5.25. The summed E-state index contributed by atoms with van der Waals surface area (Å²) in [5.74, 6) is 4.88. The molecule has 0 spiro atoms. The molecule has 1 aromatic rings. The Kier molecular flexibility index (Phi) is 3.06. The lowest BCUT2D eigenvalue weighted by Gasteiger charge is -2.55. The van der Waals surface area contributed by atoms with Gasteiger partial charge in [-0.05, 0) is 73.7 Å². The van der Waals surface area contributed by atoms with Crippen LogP contribution in [0.1, 0.15) is 50.0 Å². The molecule has 4 saturated carbocycles. The number of nitrogens with zero attached hydrogens (tertiary/aromatic N) is 1. The minimum atomic E-state index is 0.110. The molecular weight excluding hydrogens is 242 g/mol. The van der Waals surface area contributed by atoms with Gasteiger partial charge in [-0.3, -0.25) is 0 Å². The van der Waals surface area contributed by atoms with Crippen LogP contribution in [0.2, 0.25) is 0 Å². The highest BCUT2D eigenvalue weighted by atomic mass is 14.5. The zero-order valence-electron chi connectivity index (χ0n) is 12.0. The minimum Gasteiger partial charge on any atom is -0.198 e. The lowest BCUT2D eigenvalue weighted by atomic mass is 9.50. The van der Waals surface area contributed by atoms with Crippen LogP contribution in [-0.4, -0.2) is 0 Å². The molecule has 1 aromatic carbocycles. The van der Waals surface area contributed by atoms with Crippen molar-refractivity contribution >= 4 is 0 Å². The van der Waals surface area contributed by atoms with Crippen molar-refractivity contribution in [3.05, 3.63) is 35.9 Å². The number of benzene rings is 1. The molecule has 5 rings (SSSR count). The van der Waals surface area contributed by atoms with Gasteiger partial charge in [-0.2, -0.15) is 5.26 Å². The molecule has 4 bridgehead atoms. The van der Waals surface area contributed by atoms with Crippen molar-refractivity contribution in [3.63, 3.8) is 0 Å². The van der Waals surface area contributed by atoms with Crippen molar-refractivity contribution in [1.29, 1.82) is 5.26 Å². The maximum atomic E-state index is 9.58. The van der Waals surface area contributed by atoms with Crippen LogP contribution < -0.4 is 0 Å². The third-order valence-electron chi connectivity index (χ3n) is 6.29. The quantitative estimate of drug-likeness (QED) is 0.773. The van der Waals surface area contributed by atoms with E-state index >= 15 is 0 Å². The molecule has 0 N–H and O–H groups in total. The van der Waals surface area contributed by atoms with Crippen molar-refractivity contribution < 1.29 is 0 Å². The topological polar surface area (TPSA) is 23.8 Å². The summed E-state index contributed by atoms with van der Waals surface area (Å²) in [7, 11) is 0. The first kappa shape index (κ1) is 12.5. The van der Waals surface area contributed by atoms with Crippen LogP contribution in [0.15, 0.2) is 30.3 Å². The van der Waals surface area contributed by atoms with Gasteiger partial charge in [-0.25, -0.2) is 0 Å². The van der Waals surface area contributed by atoms with Gasteiger partial charge in [0.2, 0.25) is 0 Å². The van der Waals surface area contributed by atoms with E-state index in [0.29, 0.717) is 0 Å². The zero-order valence-corrected chi connectivity index (χ0v) is 12.0. The lowest BCUT2D eigenvalue weighted by Crippen LogP contribution is -2.45. The van der Waals surface area contributed by atoms with Gasteiger partial charge < -0.3 is 0 Å². The van der Waals surface area contributed by atoms with Crippen LogP contribution in [0.4, 0.5) is 0 Å². The Morgan fingerprint density at radius 1 is 0.950 bits per heavy atom. The first-order valence-corrected chi connectivity index (χ1v) is 8.28. The monoisotopic (exact) mass is 265 g/mol. The Morgan fingerprint density at radius 2 is 1.55 bits per heavy atom. The molecule has 4 fully saturated rings. The predicted molar refractivity (Wildman–Crippen MR) is 79.9 cm³/mol. The third kappa shape index (κ3) is 2.06. The average molecular weight is 265 g/mol. The fourth-order valence-corrected chi connectivity index (χ4v) is 5.64. The third-order valence-corrected chi connectivity index (χ3v) is 6.29. The van der Waals surface area contributed by atoms with Crippen LogP contribution in [0.25, 0.3) is 0 Å². The molecule has 4 aliphatic rings. The maximum absolute atomic E-state index is 9.58. The smallest absolute Gasteiger partial charge is 0.0715 e. The summed E-state index contributed by atoms with van der Waals surface area (Å²) in [6.45, 7) is 0. The van der Waals surface area contributed by atoms with E-state index in [1.54, 1.807) is 0 Å². The van der Waals surface area contributed by atoms with E-state index in [0.717, 1.165) is 36.0 Å². The van der Waals surface area contributed by atoms with Gasteiger partial charge in [0.05, 0.1) is 12.0 Å². The number of rotatable bonds is 3. The molecule has 0 radical (unpaired) electrons. The second-order valence-corrected chi connectivity index (χ2v) is 7.42. The highest BCUT2D eigenvalue weighted by Crippen LogP contribution is 2.58. The Morgan fingerprint density at radius 3 is 2.10 bits per heavy atom. The van der Waals surface area contributed by atoms with Gasteiger partial charge in [0.15, 0.2) is 0 Å². The fraction of sp³-hybridized carbons (Fsp3) is 0.632. The molecule has 0 amide bonds. The summed E-state index contributed by atoms with van der Waals surface area (Å²) in [5, 5.41) is 9.58. The summed E-state index contributed by atoms with van der Waals surface area (Å²) in [5.41, 5.74) is 1.23. The van der Waals surface area contributed by atoms with Gasteiger partial charge >= 0.3 is 0 Å². The number of hydrogen-bond acceptors (Lipinski definition) is 1. The average Bonchev–Trinajstić information content (AvgIpc) is 2.47. The first-order valence-electron chi connectivity index (χ1n) is 8.28. The van der Waals surface area contributed by atoms with Crippen molar-refractivity contribution in [3.8, 4) is 6.07 Å². The van der Waals surface area contributed by atoms with Crippen LogP contribution >= 0.6 is 0 Å². The molecule has 104 valence electrons. The van der Waals surface area contributed by atoms with Crippen LogP contribution in [-0.2, 0) is 0 Å². The number of nitriles is 1. The zero-order chi connectivity index (χ0) is 13.5. The summed E-state index contributed by atoms with van der Waals surface area (Å²) in [4.78, 5) is 0. The summed E-state index contributed by atoms with van der Waals surface area (Å²) in [6, 6.07) is 13.0. The molecule has 1 unspecified atom stereocenters. The molecule has 0 aliphatic heterocycles. The summed E-state index contributed by atoms with van der Waals surface area (Å²) >= 11 is 0. The molecule has 0 heterocycles. The van der Waals surface area contributed by atoms with Crippen LogP contribution in [0.3, 0.4) is 0 Å². The highest BCUT2D eigenvalue weighted by Gasteiger charge is 2.48. The molecule has 0 saturated heterocycles. The Hall–Kier alpha value is -1.29. The largest absolute Gasteiger partial charge is 0.198 e. The van der Waals surface area contributed by atoms with Crippen LogP contribution in [0.5, 0.6) is 0 Å². The molecule has 1 nitrogen and oxygen atoms in total. The maximum Gasteiger partial charge on any atom is 0.0715 e. The summed E-state index contributed by atoms with van der Waals surface area (Å²) < 4.78 is 0. The molecule has 4 aliphatic carbocycles. The second kappa shape index (κ2) is 4.92. The van der Waals surface area contributed by atoms with Crippen LogP contribution in [0, 0.1) is 40.9 Å². The van der Waals surface area contributed by atoms with E-state index in [1.165, 1.54) is 37.7 Å². The fourth-order valence-electron chi connectivity index (χ4n) is 5.64. The Balaban J connectivity index is 1.52. The van der Waals surface area contributed by atoms with E-state index in [-0.39, 0.29) is 5.92 Å². The van der Waals surface area contributed by atoms with E-state index < -0.39 is 0 Å². The van der Waals surface area contributed by atoms with Gasteiger partial charge in [-0.1, -0.05) is 30.3 Å². The SMILES string of the molecule is N#CC(CC1C2CC3CC(C2)CC1C3)c1ccccc1. The van der Waals surface area contributed by atoms with Gasteiger partial charge in [-0.15, -0.1) is 0 Å². The molecule has 1 atom stereocenters. The molecule has 1 heteroatoms. The van der Waals surface area contributed by atoms with Gasteiger partial charge in [0.1, 0.15) is 0 Å². The number of hydrogen-bond donors (Lipinski definition) is 0. The Bertz CT molecular complexity index is 484. The van der Waals surface area contributed by atoms with Gasteiger partial charge in [0.25, 0.3) is 0 Å². The normalized spacial score (nSPS) is 39.5. The molecule has 20 heavy (non-hydrogen) atoms. The van der Waals surface area contributed by atoms with Gasteiger partial charge in [0, 0.05) is 0 Å². The van der Waals surface area contributed by atoms with E-state index in [2.05, 4.69) is 30.3 Å². The van der Waals surface area contributed by atoms with Crippen molar-refractivity contribution in [1.82, 2.24) is 0 Å². The van der Waals surface area contributed by atoms with E-state index in [1.807, 2.05) is 6.07 Å². The van der Waals surface area contributed by atoms with E-state index in [9.17, 15) is 5.26 Å². The lowest BCUT2D eigenvalue weighted by molar-refractivity contribution is -0.0406. The molecular formula is C19H23N. The van der Waals surface area contributed by atoms with Crippen molar-refractivity contribution in [2.24, 2.45) is 29.6 Å². The second-order valence-electron chi connectivity index (χ2n) is 7.42. The predicted octanol–water partition coefficient (Wildman–Crippen LogP) is 4.76. The van der Waals surface area contributed by atoms with Crippen molar-refractivity contribution in [2.75, 3.05) is 0 Å². The van der Waals surface area contributed by atoms with E-state index in [4.69, 9.17) is 0 Å². The summed E-state index contributed by atoms with van der Waals surface area (Å²) in [6.07, 6.45) is 8.47. The molecule has 0 aromatic heterocycles. The van der Waals surface area contributed by atoms with Crippen molar-refractivity contribution in [2.45, 2.75) is 44.4 Å². The minimum absolute atomic E-state index is 0.110.